The summed E-state index contributed by atoms with van der Waals surface area (Å²) in [6.45, 7) is 0. The SMILES string of the molecule is COc1ccccc1CC1(C#N)CCCCC1. The first-order valence-electron chi connectivity index (χ1n) is 6.33. The highest BCUT2D eigenvalue weighted by molar-refractivity contribution is 5.35. The molecule has 17 heavy (non-hydrogen) atoms. The molecule has 0 heterocycles. The van der Waals surface area contributed by atoms with Gasteiger partial charge in [0, 0.05) is 0 Å². The van der Waals surface area contributed by atoms with Crippen molar-refractivity contribution in [2.75, 3.05) is 7.11 Å². The molecule has 1 saturated carbocycles. The van der Waals surface area contributed by atoms with Gasteiger partial charge in [0.25, 0.3) is 0 Å². The zero-order valence-corrected chi connectivity index (χ0v) is 10.4. The molecule has 0 saturated heterocycles. The van der Waals surface area contributed by atoms with Gasteiger partial charge >= 0.3 is 0 Å². The fraction of sp³-hybridized carbons (Fsp3) is 0.533. The zero-order chi connectivity index (χ0) is 12.1. The standard InChI is InChI=1S/C15H19NO/c1-17-14-8-4-3-7-13(14)11-15(12-16)9-5-2-6-10-15/h3-4,7-8H,2,5-6,9-11H2,1H3. The highest BCUT2D eigenvalue weighted by atomic mass is 16.5. The van der Waals surface area contributed by atoms with Gasteiger partial charge in [-0.15, -0.1) is 0 Å². The molecule has 2 rings (SSSR count). The predicted molar refractivity (Wildman–Crippen MR) is 67.8 cm³/mol. The van der Waals surface area contributed by atoms with Crippen molar-refractivity contribution in [3.8, 4) is 11.8 Å². The van der Waals surface area contributed by atoms with E-state index in [0.717, 1.165) is 25.0 Å². The summed E-state index contributed by atoms with van der Waals surface area (Å²) < 4.78 is 5.37. The third kappa shape index (κ3) is 2.61. The van der Waals surface area contributed by atoms with Crippen LogP contribution in [0.3, 0.4) is 0 Å². The summed E-state index contributed by atoms with van der Waals surface area (Å²) in [6, 6.07) is 10.6. The van der Waals surface area contributed by atoms with E-state index in [4.69, 9.17) is 4.74 Å². The van der Waals surface area contributed by atoms with E-state index in [1.54, 1.807) is 7.11 Å². The number of para-hydroxylation sites is 1. The molecule has 1 aliphatic rings. The number of hydrogen-bond donors (Lipinski definition) is 0. The van der Waals surface area contributed by atoms with Gasteiger partial charge in [0.2, 0.25) is 0 Å². The molecule has 0 N–H and O–H groups in total. The van der Waals surface area contributed by atoms with Crippen molar-refractivity contribution in [1.29, 1.82) is 5.26 Å². The number of benzene rings is 1. The molecule has 2 heteroatoms. The quantitative estimate of drug-likeness (QED) is 0.791. The maximum atomic E-state index is 9.48. The van der Waals surface area contributed by atoms with Crippen molar-refractivity contribution in [3.63, 3.8) is 0 Å². The second kappa shape index (κ2) is 5.23. The normalized spacial score (nSPS) is 18.4. The molecule has 0 spiro atoms. The third-order valence-electron chi connectivity index (χ3n) is 3.77. The lowest BCUT2D eigenvalue weighted by atomic mass is 9.71. The van der Waals surface area contributed by atoms with Gasteiger partial charge in [0.05, 0.1) is 18.6 Å². The molecule has 1 aromatic rings. The van der Waals surface area contributed by atoms with Gasteiger partial charge in [0.15, 0.2) is 0 Å². The Morgan fingerprint density at radius 2 is 1.94 bits per heavy atom. The molecule has 1 aromatic carbocycles. The van der Waals surface area contributed by atoms with Gasteiger partial charge in [-0.05, 0) is 30.9 Å². The summed E-state index contributed by atoms with van der Waals surface area (Å²) in [6.07, 6.45) is 6.53. The van der Waals surface area contributed by atoms with Crippen LogP contribution in [0.4, 0.5) is 0 Å². The van der Waals surface area contributed by atoms with Crippen LogP contribution in [0.2, 0.25) is 0 Å². The van der Waals surface area contributed by atoms with Crippen LogP contribution in [0, 0.1) is 16.7 Å². The highest BCUT2D eigenvalue weighted by Gasteiger charge is 2.32. The van der Waals surface area contributed by atoms with Gasteiger partial charge in [-0.3, -0.25) is 0 Å². The van der Waals surface area contributed by atoms with Crippen molar-refractivity contribution in [2.24, 2.45) is 5.41 Å². The minimum absolute atomic E-state index is 0.160. The monoisotopic (exact) mass is 229 g/mol. The molecule has 0 atom stereocenters. The molecule has 0 radical (unpaired) electrons. The molecule has 0 unspecified atom stereocenters. The van der Waals surface area contributed by atoms with Crippen molar-refractivity contribution in [1.82, 2.24) is 0 Å². The van der Waals surface area contributed by atoms with E-state index in [-0.39, 0.29) is 5.41 Å². The topological polar surface area (TPSA) is 33.0 Å². The molecular weight excluding hydrogens is 210 g/mol. The van der Waals surface area contributed by atoms with Gasteiger partial charge in [0.1, 0.15) is 5.75 Å². The summed E-state index contributed by atoms with van der Waals surface area (Å²) in [5, 5.41) is 9.48. The summed E-state index contributed by atoms with van der Waals surface area (Å²) in [4.78, 5) is 0. The molecule has 0 aliphatic heterocycles. The molecule has 1 fully saturated rings. The summed E-state index contributed by atoms with van der Waals surface area (Å²) in [5.41, 5.74) is 1.01. The minimum Gasteiger partial charge on any atom is -0.496 e. The Labute approximate surface area is 103 Å². The average Bonchev–Trinajstić information content (AvgIpc) is 2.40. The van der Waals surface area contributed by atoms with Crippen LogP contribution in [-0.4, -0.2) is 7.11 Å². The second-order valence-electron chi connectivity index (χ2n) is 4.94. The van der Waals surface area contributed by atoms with Crippen LogP contribution in [0.15, 0.2) is 24.3 Å². The van der Waals surface area contributed by atoms with Crippen molar-refractivity contribution in [3.05, 3.63) is 29.8 Å². The Balaban J connectivity index is 2.21. The summed E-state index contributed by atoms with van der Waals surface area (Å²) in [5.74, 6) is 0.910. The summed E-state index contributed by atoms with van der Waals surface area (Å²) >= 11 is 0. The minimum atomic E-state index is -0.160. The molecule has 1 aliphatic carbocycles. The number of rotatable bonds is 3. The predicted octanol–water partition coefficient (Wildman–Crippen LogP) is 3.71. The molecule has 0 aromatic heterocycles. The lowest BCUT2D eigenvalue weighted by molar-refractivity contribution is 0.262. The van der Waals surface area contributed by atoms with Gasteiger partial charge in [-0.1, -0.05) is 37.5 Å². The molecular formula is C15H19NO. The fourth-order valence-corrected chi connectivity index (χ4v) is 2.77. The van der Waals surface area contributed by atoms with Crippen molar-refractivity contribution in [2.45, 2.75) is 38.5 Å². The lowest BCUT2D eigenvalue weighted by Crippen LogP contribution is -2.25. The second-order valence-corrected chi connectivity index (χ2v) is 4.94. The third-order valence-corrected chi connectivity index (χ3v) is 3.77. The van der Waals surface area contributed by atoms with E-state index in [1.165, 1.54) is 24.8 Å². The number of hydrogen-bond acceptors (Lipinski definition) is 2. The smallest absolute Gasteiger partial charge is 0.122 e. The van der Waals surface area contributed by atoms with Crippen LogP contribution in [-0.2, 0) is 6.42 Å². The maximum Gasteiger partial charge on any atom is 0.122 e. The van der Waals surface area contributed by atoms with Gasteiger partial charge in [-0.25, -0.2) is 0 Å². The first-order chi connectivity index (χ1) is 8.29. The van der Waals surface area contributed by atoms with E-state index in [0.29, 0.717) is 0 Å². The van der Waals surface area contributed by atoms with E-state index in [1.807, 2.05) is 18.2 Å². The van der Waals surface area contributed by atoms with E-state index in [9.17, 15) is 5.26 Å². The largest absolute Gasteiger partial charge is 0.496 e. The first kappa shape index (κ1) is 12.0. The van der Waals surface area contributed by atoms with E-state index < -0.39 is 0 Å². The van der Waals surface area contributed by atoms with Crippen LogP contribution in [0.25, 0.3) is 0 Å². The van der Waals surface area contributed by atoms with Gasteiger partial charge < -0.3 is 4.74 Å². The Hall–Kier alpha value is -1.49. The Morgan fingerprint density at radius 3 is 2.59 bits per heavy atom. The number of nitriles is 1. The van der Waals surface area contributed by atoms with Crippen LogP contribution in [0.5, 0.6) is 5.75 Å². The molecule has 2 nitrogen and oxygen atoms in total. The number of methoxy groups -OCH3 is 1. The zero-order valence-electron chi connectivity index (χ0n) is 10.4. The average molecular weight is 229 g/mol. The lowest BCUT2D eigenvalue weighted by Gasteiger charge is -2.31. The Morgan fingerprint density at radius 1 is 1.24 bits per heavy atom. The summed E-state index contributed by atoms with van der Waals surface area (Å²) in [7, 11) is 1.69. The van der Waals surface area contributed by atoms with E-state index in [2.05, 4.69) is 12.1 Å². The Bertz CT molecular complexity index is 413. The van der Waals surface area contributed by atoms with Gasteiger partial charge in [-0.2, -0.15) is 5.26 Å². The van der Waals surface area contributed by atoms with Crippen molar-refractivity contribution >= 4 is 0 Å². The molecule has 0 bridgehead atoms. The van der Waals surface area contributed by atoms with Crippen LogP contribution in [0.1, 0.15) is 37.7 Å². The van der Waals surface area contributed by atoms with Crippen LogP contribution >= 0.6 is 0 Å². The first-order valence-corrected chi connectivity index (χ1v) is 6.33. The van der Waals surface area contributed by atoms with Crippen LogP contribution < -0.4 is 4.74 Å². The number of ether oxygens (including phenoxy) is 1. The van der Waals surface area contributed by atoms with E-state index >= 15 is 0 Å². The fourth-order valence-electron chi connectivity index (χ4n) is 2.77. The van der Waals surface area contributed by atoms with Crippen molar-refractivity contribution < 1.29 is 4.74 Å². The molecule has 90 valence electrons. The Kier molecular flexibility index (Phi) is 3.68. The maximum absolute atomic E-state index is 9.48. The number of nitrogens with zero attached hydrogens (tertiary/aromatic N) is 1. The highest BCUT2D eigenvalue weighted by Crippen LogP contribution is 2.40. The molecule has 0 amide bonds.